The van der Waals surface area contributed by atoms with Crippen molar-refractivity contribution in [3.8, 4) is 0 Å². The van der Waals surface area contributed by atoms with Crippen molar-refractivity contribution in [2.75, 3.05) is 26.0 Å². The van der Waals surface area contributed by atoms with Crippen molar-refractivity contribution in [2.45, 2.75) is 32.9 Å². The third kappa shape index (κ3) is 7.46. The Morgan fingerprint density at radius 1 is 1.10 bits per heavy atom. The van der Waals surface area contributed by atoms with E-state index in [9.17, 15) is 14.4 Å². The lowest BCUT2D eigenvalue weighted by Gasteiger charge is -2.24. The molecule has 0 saturated heterocycles. The number of benzene rings is 1. The van der Waals surface area contributed by atoms with E-state index < -0.39 is 11.7 Å². The quantitative estimate of drug-likeness (QED) is 0.635. The van der Waals surface area contributed by atoms with E-state index in [0.29, 0.717) is 17.1 Å². The maximum atomic E-state index is 12.4. The van der Waals surface area contributed by atoms with Crippen molar-refractivity contribution in [3.63, 3.8) is 0 Å². The average Bonchev–Trinajstić information content (AvgIpc) is 3.06. The van der Waals surface area contributed by atoms with Crippen molar-refractivity contribution >= 4 is 50.9 Å². The van der Waals surface area contributed by atoms with Gasteiger partial charge in [-0.1, -0.05) is 12.1 Å². The van der Waals surface area contributed by atoms with Gasteiger partial charge in [0.05, 0.1) is 15.2 Å². The maximum Gasteiger partial charge on any atom is 0.410 e. The Labute approximate surface area is 189 Å². The van der Waals surface area contributed by atoms with Gasteiger partial charge in [-0.2, -0.15) is 0 Å². The van der Waals surface area contributed by atoms with Crippen LogP contribution in [0.5, 0.6) is 0 Å². The van der Waals surface area contributed by atoms with Crippen LogP contribution in [0.4, 0.5) is 10.5 Å². The van der Waals surface area contributed by atoms with Crippen molar-refractivity contribution in [1.82, 2.24) is 9.80 Å². The van der Waals surface area contributed by atoms with Crippen LogP contribution in [0.3, 0.4) is 0 Å². The maximum absolute atomic E-state index is 12.4. The van der Waals surface area contributed by atoms with Crippen molar-refractivity contribution < 1.29 is 19.1 Å². The van der Waals surface area contributed by atoms with Gasteiger partial charge in [-0.25, -0.2) is 4.79 Å². The van der Waals surface area contributed by atoms with Crippen LogP contribution in [0.15, 0.2) is 40.2 Å². The number of hydrogen-bond donors (Lipinski definition) is 1. The van der Waals surface area contributed by atoms with Crippen LogP contribution >= 0.6 is 27.3 Å². The van der Waals surface area contributed by atoms with Gasteiger partial charge < -0.3 is 19.9 Å². The monoisotopic (exact) mass is 495 g/mol. The summed E-state index contributed by atoms with van der Waals surface area (Å²) in [6.07, 6.45) is -0.419. The molecule has 0 saturated carbocycles. The summed E-state index contributed by atoms with van der Waals surface area (Å²) in [6.45, 7) is 5.70. The fourth-order valence-corrected chi connectivity index (χ4v) is 3.91. The molecule has 1 N–H and O–H groups in total. The van der Waals surface area contributed by atoms with E-state index in [1.165, 1.54) is 21.1 Å². The molecule has 0 fully saturated rings. The lowest BCUT2D eigenvalue weighted by Crippen LogP contribution is -2.34. The largest absolute Gasteiger partial charge is 0.444 e. The van der Waals surface area contributed by atoms with E-state index in [2.05, 4.69) is 21.2 Å². The first-order valence-corrected chi connectivity index (χ1v) is 10.9. The lowest BCUT2D eigenvalue weighted by molar-refractivity contribution is -0.116. The number of rotatable bonds is 6. The van der Waals surface area contributed by atoms with Gasteiger partial charge in [-0.05, 0) is 66.5 Å². The predicted octanol–water partition coefficient (Wildman–Crippen LogP) is 4.59. The first-order chi connectivity index (χ1) is 13.9. The van der Waals surface area contributed by atoms with Gasteiger partial charge in [0.15, 0.2) is 0 Å². The molecule has 2 rings (SSSR count). The molecular weight excluding hydrogens is 470 g/mol. The molecule has 0 aliphatic carbocycles. The smallest absolute Gasteiger partial charge is 0.410 e. The molecule has 3 amide bonds. The number of likely N-dealkylation sites (N-methyl/N-ethyl adjacent to an activating group) is 1. The van der Waals surface area contributed by atoms with Crippen LogP contribution in [-0.4, -0.2) is 53.9 Å². The second-order valence-electron chi connectivity index (χ2n) is 7.85. The molecule has 0 unspecified atom stereocenters. The number of nitrogens with zero attached hydrogens (tertiary/aromatic N) is 2. The predicted molar refractivity (Wildman–Crippen MR) is 122 cm³/mol. The molecule has 1 heterocycles. The number of nitrogens with one attached hydrogen (secondary N) is 1. The fourth-order valence-electron chi connectivity index (χ4n) is 2.53. The molecule has 0 aliphatic rings. The van der Waals surface area contributed by atoms with Gasteiger partial charge in [0, 0.05) is 26.3 Å². The zero-order valence-electron chi connectivity index (χ0n) is 17.7. The molecule has 0 atom stereocenters. The van der Waals surface area contributed by atoms with Crippen molar-refractivity contribution in [3.05, 3.63) is 50.6 Å². The summed E-state index contributed by atoms with van der Waals surface area (Å²) in [7, 11) is 3.24. The Bertz CT molecular complexity index is 923. The van der Waals surface area contributed by atoms with Gasteiger partial charge >= 0.3 is 6.09 Å². The lowest BCUT2D eigenvalue weighted by atomic mass is 10.2. The zero-order chi connectivity index (χ0) is 22.5. The molecule has 0 aliphatic heterocycles. The van der Waals surface area contributed by atoms with Gasteiger partial charge in [-0.15, -0.1) is 11.3 Å². The van der Waals surface area contributed by atoms with Gasteiger partial charge in [0.1, 0.15) is 5.60 Å². The highest BCUT2D eigenvalue weighted by Gasteiger charge is 2.20. The summed E-state index contributed by atoms with van der Waals surface area (Å²) >= 11 is 4.65. The fraction of sp³-hybridized carbons (Fsp3) is 0.381. The van der Waals surface area contributed by atoms with Crippen LogP contribution in [0.1, 0.15) is 36.0 Å². The highest BCUT2D eigenvalue weighted by molar-refractivity contribution is 9.11. The van der Waals surface area contributed by atoms with Crippen LogP contribution in [-0.2, 0) is 16.1 Å². The Balaban J connectivity index is 1.93. The van der Waals surface area contributed by atoms with Crippen LogP contribution < -0.4 is 5.32 Å². The van der Waals surface area contributed by atoms with Gasteiger partial charge in [0.2, 0.25) is 5.91 Å². The molecule has 30 heavy (non-hydrogen) atoms. The Hall–Kier alpha value is -2.39. The van der Waals surface area contributed by atoms with E-state index >= 15 is 0 Å². The molecule has 0 radical (unpaired) electrons. The standard InChI is InChI=1S/C21H26BrN3O4S/c1-21(2,3)29-20(28)25(5)12-14-7-6-8-15(11-14)23-18(26)13-24(4)19(27)16-9-10-17(22)30-16/h6-11H,12-13H2,1-5H3,(H,23,26). The number of hydrogen-bond acceptors (Lipinski definition) is 5. The minimum atomic E-state index is -0.566. The second-order valence-corrected chi connectivity index (χ2v) is 10.3. The summed E-state index contributed by atoms with van der Waals surface area (Å²) < 4.78 is 6.21. The molecule has 0 spiro atoms. The van der Waals surface area contributed by atoms with Gasteiger partial charge in [0.25, 0.3) is 5.91 Å². The summed E-state index contributed by atoms with van der Waals surface area (Å²) in [6, 6.07) is 10.7. The van der Waals surface area contributed by atoms with Crippen molar-refractivity contribution in [2.24, 2.45) is 0 Å². The number of carbonyl (C=O) groups is 3. The molecule has 1 aromatic heterocycles. The second kappa shape index (κ2) is 10.1. The summed E-state index contributed by atoms with van der Waals surface area (Å²) in [5.41, 5.74) is 0.868. The molecule has 162 valence electrons. The number of ether oxygens (including phenoxy) is 1. The highest BCUT2D eigenvalue weighted by atomic mass is 79.9. The first-order valence-electron chi connectivity index (χ1n) is 9.28. The summed E-state index contributed by atoms with van der Waals surface area (Å²) in [4.78, 5) is 40.3. The minimum Gasteiger partial charge on any atom is -0.444 e. The molecule has 7 nitrogen and oxygen atoms in total. The highest BCUT2D eigenvalue weighted by Crippen LogP contribution is 2.23. The molecule has 0 bridgehead atoms. The summed E-state index contributed by atoms with van der Waals surface area (Å²) in [5.74, 6) is -0.521. The molecule has 2 aromatic rings. The van der Waals surface area contributed by atoms with Crippen LogP contribution in [0.25, 0.3) is 0 Å². The van der Waals surface area contributed by atoms with E-state index in [-0.39, 0.29) is 18.4 Å². The third-order valence-corrected chi connectivity index (χ3v) is 5.46. The van der Waals surface area contributed by atoms with E-state index in [1.54, 1.807) is 44.4 Å². The summed E-state index contributed by atoms with van der Waals surface area (Å²) in [5, 5.41) is 2.79. The SMILES string of the molecule is CN(Cc1cccc(NC(=O)CN(C)C(=O)c2ccc(Br)s2)c1)C(=O)OC(C)(C)C. The molecule has 9 heteroatoms. The Morgan fingerprint density at radius 3 is 2.40 bits per heavy atom. The zero-order valence-corrected chi connectivity index (χ0v) is 20.1. The normalized spacial score (nSPS) is 11.0. The minimum absolute atomic E-state index is 0.0730. The van der Waals surface area contributed by atoms with Crippen molar-refractivity contribution in [1.29, 1.82) is 0 Å². The van der Waals surface area contributed by atoms with E-state index in [4.69, 9.17) is 4.74 Å². The van der Waals surface area contributed by atoms with Crippen LogP contribution in [0, 0.1) is 0 Å². The number of amides is 3. The third-order valence-electron chi connectivity index (χ3n) is 3.85. The van der Waals surface area contributed by atoms with Gasteiger partial charge in [-0.3, -0.25) is 9.59 Å². The topological polar surface area (TPSA) is 79.0 Å². The average molecular weight is 496 g/mol. The van der Waals surface area contributed by atoms with E-state index in [0.717, 1.165) is 9.35 Å². The molecular formula is C21H26BrN3O4S. The van der Waals surface area contributed by atoms with Crippen LogP contribution in [0.2, 0.25) is 0 Å². The number of carbonyl (C=O) groups excluding carboxylic acids is 3. The van der Waals surface area contributed by atoms with E-state index in [1.807, 2.05) is 26.8 Å². The number of anilines is 1. The Morgan fingerprint density at radius 2 is 1.80 bits per heavy atom. The number of halogens is 1. The first kappa shape index (κ1) is 23.9. The number of thiophene rings is 1. The molecule has 1 aromatic carbocycles. The Kier molecular flexibility index (Phi) is 8.03.